The molecular weight excluding hydrogens is 294 g/mol. The second-order valence-electron chi connectivity index (χ2n) is 5.08. The highest BCUT2D eigenvalue weighted by atomic mass is 16.5. The minimum absolute atomic E-state index is 0.0497. The van der Waals surface area contributed by atoms with Crippen LogP contribution in [-0.4, -0.2) is 18.7 Å². The molecule has 0 saturated heterocycles. The van der Waals surface area contributed by atoms with E-state index in [4.69, 9.17) is 10.5 Å². The Morgan fingerprint density at radius 2 is 1.83 bits per heavy atom. The van der Waals surface area contributed by atoms with Gasteiger partial charge < -0.3 is 15.8 Å². The number of benzene rings is 2. The number of aryl methyl sites for hydroxylation is 2. The molecule has 0 unspecified atom stereocenters. The maximum atomic E-state index is 11.9. The van der Waals surface area contributed by atoms with Crippen molar-refractivity contribution in [1.82, 2.24) is 10.6 Å². The zero-order valence-corrected chi connectivity index (χ0v) is 13.1. The smallest absolute Gasteiger partial charge is 0.324 e. The van der Waals surface area contributed by atoms with Crippen LogP contribution in [0.4, 0.5) is 10.5 Å². The first kappa shape index (κ1) is 16.4. The first-order valence-electron chi connectivity index (χ1n) is 7.11. The van der Waals surface area contributed by atoms with Crippen LogP contribution in [0.15, 0.2) is 42.5 Å². The number of carbonyl (C=O) groups is 2. The monoisotopic (exact) mass is 313 g/mol. The fourth-order valence-electron chi connectivity index (χ4n) is 1.91. The van der Waals surface area contributed by atoms with E-state index in [0.717, 1.165) is 11.1 Å². The molecule has 6 nitrogen and oxygen atoms in total. The molecule has 0 radical (unpaired) electrons. The summed E-state index contributed by atoms with van der Waals surface area (Å²) >= 11 is 0. The summed E-state index contributed by atoms with van der Waals surface area (Å²) in [6.45, 7) is 3.93. The number of para-hydroxylation sites is 1. The number of carbonyl (C=O) groups excluding carboxylic acids is 2. The van der Waals surface area contributed by atoms with E-state index in [2.05, 4.69) is 10.6 Å². The van der Waals surface area contributed by atoms with Gasteiger partial charge in [0.25, 0.3) is 5.91 Å². The second kappa shape index (κ2) is 7.31. The van der Waals surface area contributed by atoms with Gasteiger partial charge in [0.15, 0.2) is 6.73 Å². The number of anilines is 1. The van der Waals surface area contributed by atoms with Crippen molar-refractivity contribution in [1.29, 1.82) is 0 Å². The lowest BCUT2D eigenvalue weighted by Gasteiger charge is -2.10. The summed E-state index contributed by atoms with van der Waals surface area (Å²) in [5, 5.41) is 4.65. The molecule has 0 aliphatic heterocycles. The molecule has 6 heteroatoms. The van der Waals surface area contributed by atoms with E-state index in [-0.39, 0.29) is 12.3 Å². The standard InChI is InChI=1S/C17H19N3O3/c1-11-7-8-13(9-12(11)2)23-10-19-17(22)20-16(21)14-5-3-4-6-15(14)18/h3-9H,10,18H2,1-2H3,(H2,19,20,21,22). The van der Waals surface area contributed by atoms with Gasteiger partial charge in [-0.3, -0.25) is 10.1 Å². The summed E-state index contributed by atoms with van der Waals surface area (Å²) in [7, 11) is 0. The van der Waals surface area contributed by atoms with E-state index >= 15 is 0 Å². The average molecular weight is 313 g/mol. The minimum Gasteiger partial charge on any atom is -0.473 e. The molecule has 0 aliphatic carbocycles. The number of imide groups is 1. The van der Waals surface area contributed by atoms with Crippen molar-refractivity contribution in [3.8, 4) is 5.75 Å². The topological polar surface area (TPSA) is 93.5 Å². The number of ether oxygens (including phenoxy) is 1. The van der Waals surface area contributed by atoms with Crippen LogP contribution in [0.25, 0.3) is 0 Å². The molecule has 0 aromatic heterocycles. The Labute approximate surface area is 134 Å². The number of rotatable bonds is 4. The van der Waals surface area contributed by atoms with Crippen LogP contribution in [-0.2, 0) is 0 Å². The summed E-state index contributed by atoms with van der Waals surface area (Å²) in [6, 6.07) is 11.5. The van der Waals surface area contributed by atoms with Crippen molar-refractivity contribution in [3.63, 3.8) is 0 Å². The maximum Gasteiger partial charge on any atom is 0.324 e. The van der Waals surface area contributed by atoms with Crippen LogP contribution >= 0.6 is 0 Å². The molecule has 0 saturated carbocycles. The van der Waals surface area contributed by atoms with Crippen LogP contribution in [0.5, 0.6) is 5.75 Å². The van der Waals surface area contributed by atoms with Crippen LogP contribution < -0.4 is 21.1 Å². The highest BCUT2D eigenvalue weighted by Crippen LogP contribution is 2.15. The third kappa shape index (κ3) is 4.47. The minimum atomic E-state index is -0.651. The normalized spacial score (nSPS) is 10.0. The van der Waals surface area contributed by atoms with Gasteiger partial charge in [0.1, 0.15) is 5.75 Å². The quantitative estimate of drug-likeness (QED) is 0.596. The summed E-state index contributed by atoms with van der Waals surface area (Å²) in [6.07, 6.45) is 0. The lowest BCUT2D eigenvalue weighted by Crippen LogP contribution is -2.41. The molecular formula is C17H19N3O3. The molecule has 3 amide bonds. The number of nitrogens with one attached hydrogen (secondary N) is 2. The van der Waals surface area contributed by atoms with Gasteiger partial charge in [-0.25, -0.2) is 4.79 Å². The van der Waals surface area contributed by atoms with Crippen molar-refractivity contribution >= 4 is 17.6 Å². The van der Waals surface area contributed by atoms with E-state index in [1.165, 1.54) is 0 Å². The van der Waals surface area contributed by atoms with Gasteiger partial charge in [0.2, 0.25) is 0 Å². The van der Waals surface area contributed by atoms with E-state index in [1.54, 1.807) is 24.3 Å². The molecule has 0 atom stereocenters. The molecule has 0 spiro atoms. The van der Waals surface area contributed by atoms with E-state index in [0.29, 0.717) is 11.4 Å². The number of amides is 3. The van der Waals surface area contributed by atoms with Gasteiger partial charge in [-0.05, 0) is 49.2 Å². The Hall–Kier alpha value is -3.02. The Kier molecular flexibility index (Phi) is 5.19. The maximum absolute atomic E-state index is 11.9. The Morgan fingerprint density at radius 1 is 1.09 bits per heavy atom. The lowest BCUT2D eigenvalue weighted by molar-refractivity contribution is 0.0963. The van der Waals surface area contributed by atoms with Crippen molar-refractivity contribution in [3.05, 3.63) is 59.2 Å². The van der Waals surface area contributed by atoms with Crippen molar-refractivity contribution in [2.24, 2.45) is 0 Å². The molecule has 2 aromatic rings. The van der Waals surface area contributed by atoms with Crippen LogP contribution in [0.2, 0.25) is 0 Å². The number of nitrogen functional groups attached to an aromatic ring is 1. The Balaban J connectivity index is 1.82. The molecule has 0 fully saturated rings. The molecule has 23 heavy (non-hydrogen) atoms. The molecule has 0 aliphatic rings. The van der Waals surface area contributed by atoms with Crippen LogP contribution in [0.3, 0.4) is 0 Å². The van der Waals surface area contributed by atoms with Crippen molar-refractivity contribution in [2.45, 2.75) is 13.8 Å². The third-order valence-electron chi connectivity index (χ3n) is 3.38. The average Bonchev–Trinajstić information content (AvgIpc) is 2.51. The van der Waals surface area contributed by atoms with Gasteiger partial charge in [-0.1, -0.05) is 18.2 Å². The fourth-order valence-corrected chi connectivity index (χ4v) is 1.91. The highest BCUT2D eigenvalue weighted by Gasteiger charge is 2.12. The van der Waals surface area contributed by atoms with E-state index < -0.39 is 11.9 Å². The summed E-state index contributed by atoms with van der Waals surface area (Å²) < 4.78 is 5.42. The van der Waals surface area contributed by atoms with E-state index in [1.807, 2.05) is 32.0 Å². The predicted octanol–water partition coefficient (Wildman–Crippen LogP) is 2.36. The van der Waals surface area contributed by atoms with Crippen LogP contribution in [0.1, 0.15) is 21.5 Å². The summed E-state index contributed by atoms with van der Waals surface area (Å²) in [5.41, 5.74) is 8.50. The molecule has 2 aromatic carbocycles. The predicted molar refractivity (Wildman–Crippen MR) is 88.3 cm³/mol. The summed E-state index contributed by atoms with van der Waals surface area (Å²) in [4.78, 5) is 23.6. The third-order valence-corrected chi connectivity index (χ3v) is 3.38. The Morgan fingerprint density at radius 3 is 2.52 bits per heavy atom. The van der Waals surface area contributed by atoms with E-state index in [9.17, 15) is 9.59 Å². The Bertz CT molecular complexity index is 729. The fraction of sp³-hybridized carbons (Fsp3) is 0.176. The first-order chi connectivity index (χ1) is 11.0. The van der Waals surface area contributed by atoms with Gasteiger partial charge in [-0.15, -0.1) is 0 Å². The number of hydrogen-bond donors (Lipinski definition) is 3. The lowest BCUT2D eigenvalue weighted by atomic mass is 10.1. The highest BCUT2D eigenvalue weighted by molar-refractivity contribution is 6.07. The first-order valence-corrected chi connectivity index (χ1v) is 7.11. The zero-order valence-electron chi connectivity index (χ0n) is 13.1. The molecule has 2 rings (SSSR count). The SMILES string of the molecule is Cc1ccc(OCNC(=O)NC(=O)c2ccccc2N)cc1C. The summed E-state index contributed by atoms with van der Waals surface area (Å²) in [5.74, 6) is 0.0822. The van der Waals surface area contributed by atoms with Gasteiger partial charge in [0, 0.05) is 5.69 Å². The van der Waals surface area contributed by atoms with Gasteiger partial charge >= 0.3 is 6.03 Å². The molecule has 0 bridgehead atoms. The number of hydrogen-bond acceptors (Lipinski definition) is 4. The van der Waals surface area contributed by atoms with Gasteiger partial charge in [-0.2, -0.15) is 0 Å². The molecule has 4 N–H and O–H groups in total. The number of urea groups is 1. The molecule has 120 valence electrons. The van der Waals surface area contributed by atoms with Gasteiger partial charge in [0.05, 0.1) is 5.56 Å². The second-order valence-corrected chi connectivity index (χ2v) is 5.08. The molecule has 0 heterocycles. The number of nitrogens with two attached hydrogens (primary N) is 1. The zero-order chi connectivity index (χ0) is 16.8. The largest absolute Gasteiger partial charge is 0.473 e. The van der Waals surface area contributed by atoms with Crippen molar-refractivity contribution < 1.29 is 14.3 Å². The van der Waals surface area contributed by atoms with Crippen molar-refractivity contribution in [2.75, 3.05) is 12.5 Å². The van der Waals surface area contributed by atoms with Crippen LogP contribution in [0, 0.1) is 13.8 Å².